The Bertz CT molecular complexity index is 749. The predicted molar refractivity (Wildman–Crippen MR) is 83.6 cm³/mol. The van der Waals surface area contributed by atoms with Crippen LogP contribution >= 0.6 is 0 Å². The summed E-state index contributed by atoms with van der Waals surface area (Å²) in [5.74, 6) is 1.25. The van der Waals surface area contributed by atoms with Crippen LogP contribution in [0.3, 0.4) is 0 Å². The van der Waals surface area contributed by atoms with Crippen LogP contribution in [0.25, 0.3) is 0 Å². The van der Waals surface area contributed by atoms with E-state index in [0.29, 0.717) is 31.3 Å². The van der Waals surface area contributed by atoms with Gasteiger partial charge >= 0.3 is 6.61 Å². The largest absolute Gasteiger partial charge is 0.435 e. The molecule has 8 heteroatoms. The van der Waals surface area contributed by atoms with E-state index in [-0.39, 0.29) is 17.4 Å². The van der Waals surface area contributed by atoms with Gasteiger partial charge in [-0.05, 0) is 24.6 Å². The molecule has 1 aromatic carbocycles. The van der Waals surface area contributed by atoms with E-state index in [1.165, 1.54) is 18.2 Å². The van der Waals surface area contributed by atoms with Crippen LogP contribution in [0, 0.1) is 6.92 Å². The van der Waals surface area contributed by atoms with E-state index in [1.807, 2.05) is 4.90 Å². The van der Waals surface area contributed by atoms with Crippen LogP contribution in [0.4, 0.5) is 14.6 Å². The molecule has 1 saturated heterocycles. The van der Waals surface area contributed by atoms with E-state index in [0.717, 1.165) is 5.56 Å². The van der Waals surface area contributed by atoms with E-state index < -0.39 is 6.61 Å². The number of hydrogen-bond donors (Lipinski definition) is 1. The molecule has 6 nitrogen and oxygen atoms in total. The monoisotopic (exact) mass is 337 g/mol. The highest BCUT2D eigenvalue weighted by Crippen LogP contribution is 2.26. The van der Waals surface area contributed by atoms with Crippen LogP contribution in [0.15, 0.2) is 35.1 Å². The van der Waals surface area contributed by atoms with E-state index in [2.05, 4.69) is 14.7 Å². The lowest BCUT2D eigenvalue weighted by atomic mass is 10.1. The fourth-order valence-electron chi connectivity index (χ4n) is 2.65. The van der Waals surface area contributed by atoms with Crippen LogP contribution in [0.1, 0.15) is 17.5 Å². The van der Waals surface area contributed by atoms with Gasteiger partial charge in [-0.2, -0.15) is 8.78 Å². The van der Waals surface area contributed by atoms with Crippen LogP contribution in [0.2, 0.25) is 0 Å². The Kier molecular flexibility index (Phi) is 4.75. The number of aryl methyl sites for hydroxylation is 1. The molecule has 1 atom stereocenters. The molecule has 1 unspecified atom stereocenters. The second-order valence-electron chi connectivity index (χ2n) is 5.44. The first-order valence-electron chi connectivity index (χ1n) is 7.50. The molecule has 0 radical (unpaired) electrons. The number of rotatable bonds is 4. The maximum atomic E-state index is 12.2. The summed E-state index contributed by atoms with van der Waals surface area (Å²) in [5.41, 5.74) is 0.650. The highest BCUT2D eigenvalue weighted by atomic mass is 19.3. The first kappa shape index (κ1) is 16.4. The Hall–Kier alpha value is -2.48. The average Bonchev–Trinajstić information content (AvgIpc) is 2.54. The average molecular weight is 337 g/mol. The maximum Gasteiger partial charge on any atom is 0.387 e. The Morgan fingerprint density at radius 3 is 2.79 bits per heavy atom. The minimum Gasteiger partial charge on any atom is -0.435 e. The third kappa shape index (κ3) is 3.88. The molecule has 0 spiro atoms. The van der Waals surface area contributed by atoms with Crippen molar-refractivity contribution in [2.24, 2.45) is 0 Å². The van der Waals surface area contributed by atoms with Crippen LogP contribution in [0.5, 0.6) is 5.75 Å². The lowest BCUT2D eigenvalue weighted by Crippen LogP contribution is -2.39. The third-order valence-corrected chi connectivity index (χ3v) is 3.71. The molecule has 0 bridgehead atoms. The quantitative estimate of drug-likeness (QED) is 0.927. The van der Waals surface area contributed by atoms with E-state index >= 15 is 0 Å². The fraction of sp³-hybridized carbons (Fsp3) is 0.375. The number of nitrogens with zero attached hydrogens (tertiary/aromatic N) is 2. The van der Waals surface area contributed by atoms with Crippen molar-refractivity contribution in [2.45, 2.75) is 19.6 Å². The number of halogens is 2. The standard InChI is InChI=1S/C16H17F2N3O3/c1-10-19-14(8-15(22)20-10)21-6-7-23-13(9-21)11-2-4-12(5-3-11)24-16(17)18/h2-5,8,13,16H,6-7,9H2,1H3,(H,19,20,22). The molecule has 1 aliphatic heterocycles. The zero-order valence-corrected chi connectivity index (χ0v) is 13.0. The lowest BCUT2D eigenvalue weighted by molar-refractivity contribution is -0.0498. The number of aromatic amines is 1. The molecule has 2 heterocycles. The zero-order chi connectivity index (χ0) is 17.1. The molecule has 24 heavy (non-hydrogen) atoms. The van der Waals surface area contributed by atoms with Crippen molar-refractivity contribution < 1.29 is 18.3 Å². The summed E-state index contributed by atoms with van der Waals surface area (Å²) in [5, 5.41) is 0. The van der Waals surface area contributed by atoms with Gasteiger partial charge in [0.1, 0.15) is 23.5 Å². The number of nitrogens with one attached hydrogen (secondary N) is 1. The minimum absolute atomic E-state index is 0.105. The normalized spacial score (nSPS) is 18.0. The van der Waals surface area contributed by atoms with Gasteiger partial charge in [0.2, 0.25) is 0 Å². The van der Waals surface area contributed by atoms with Crippen molar-refractivity contribution in [3.63, 3.8) is 0 Å². The van der Waals surface area contributed by atoms with Crippen molar-refractivity contribution in [3.8, 4) is 5.75 Å². The first-order chi connectivity index (χ1) is 11.5. The zero-order valence-electron chi connectivity index (χ0n) is 13.0. The molecule has 3 rings (SSSR count). The second-order valence-corrected chi connectivity index (χ2v) is 5.44. The number of morpholine rings is 1. The highest BCUT2D eigenvalue weighted by molar-refractivity contribution is 5.39. The van der Waals surface area contributed by atoms with Gasteiger partial charge in [-0.1, -0.05) is 12.1 Å². The van der Waals surface area contributed by atoms with Gasteiger partial charge in [0.15, 0.2) is 0 Å². The molecule has 2 aromatic rings. The fourth-order valence-corrected chi connectivity index (χ4v) is 2.65. The van der Waals surface area contributed by atoms with Crippen molar-refractivity contribution in [1.82, 2.24) is 9.97 Å². The first-order valence-corrected chi connectivity index (χ1v) is 7.50. The van der Waals surface area contributed by atoms with Crippen LogP contribution in [-0.2, 0) is 4.74 Å². The number of H-pyrrole nitrogens is 1. The molecule has 0 saturated carbocycles. The third-order valence-electron chi connectivity index (χ3n) is 3.71. The lowest BCUT2D eigenvalue weighted by Gasteiger charge is -2.34. The van der Waals surface area contributed by atoms with Crippen molar-refractivity contribution in [1.29, 1.82) is 0 Å². The summed E-state index contributed by atoms with van der Waals surface area (Å²) in [4.78, 5) is 20.5. The molecule has 1 fully saturated rings. The molecular formula is C16H17F2N3O3. The van der Waals surface area contributed by atoms with Gasteiger partial charge in [0, 0.05) is 19.2 Å². The summed E-state index contributed by atoms with van der Waals surface area (Å²) in [6.07, 6.45) is -0.235. The summed E-state index contributed by atoms with van der Waals surface area (Å²) in [7, 11) is 0. The molecule has 0 amide bonds. The second kappa shape index (κ2) is 6.96. The van der Waals surface area contributed by atoms with Gasteiger partial charge < -0.3 is 19.4 Å². The number of hydrogen-bond acceptors (Lipinski definition) is 5. The van der Waals surface area contributed by atoms with E-state index in [1.54, 1.807) is 19.1 Å². The molecule has 1 aromatic heterocycles. The Morgan fingerprint density at radius 2 is 2.12 bits per heavy atom. The Labute approximate surface area is 137 Å². The number of ether oxygens (including phenoxy) is 2. The van der Waals surface area contributed by atoms with Gasteiger partial charge in [0.05, 0.1) is 6.61 Å². The molecule has 128 valence electrons. The Morgan fingerprint density at radius 1 is 1.38 bits per heavy atom. The summed E-state index contributed by atoms with van der Waals surface area (Å²) in [6.45, 7) is 0.504. The van der Waals surface area contributed by atoms with Gasteiger partial charge in [-0.25, -0.2) is 4.98 Å². The summed E-state index contributed by atoms with van der Waals surface area (Å²) < 4.78 is 34.5. The van der Waals surface area contributed by atoms with Crippen molar-refractivity contribution in [3.05, 3.63) is 52.1 Å². The van der Waals surface area contributed by atoms with Crippen molar-refractivity contribution in [2.75, 3.05) is 24.6 Å². The maximum absolute atomic E-state index is 12.2. The smallest absolute Gasteiger partial charge is 0.387 e. The number of anilines is 1. The topological polar surface area (TPSA) is 67.5 Å². The highest BCUT2D eigenvalue weighted by Gasteiger charge is 2.23. The van der Waals surface area contributed by atoms with Gasteiger partial charge in [-0.15, -0.1) is 0 Å². The SMILES string of the molecule is Cc1nc(N2CCOC(c3ccc(OC(F)F)cc3)C2)cc(=O)[nH]1. The van der Waals surface area contributed by atoms with Crippen LogP contribution in [-0.4, -0.2) is 36.3 Å². The predicted octanol–water partition coefficient (Wildman–Crippen LogP) is 2.26. The van der Waals surface area contributed by atoms with Gasteiger partial charge in [0.25, 0.3) is 5.56 Å². The molecule has 0 aliphatic carbocycles. The molecular weight excluding hydrogens is 320 g/mol. The number of benzene rings is 1. The Balaban J connectivity index is 1.74. The summed E-state index contributed by atoms with van der Waals surface area (Å²) >= 11 is 0. The molecule has 1 N–H and O–H groups in total. The minimum atomic E-state index is -2.84. The summed E-state index contributed by atoms with van der Waals surface area (Å²) in [6, 6.07) is 7.82. The van der Waals surface area contributed by atoms with Crippen LogP contribution < -0.4 is 15.2 Å². The number of aromatic nitrogens is 2. The number of alkyl halides is 2. The van der Waals surface area contributed by atoms with Crippen molar-refractivity contribution >= 4 is 5.82 Å². The van der Waals surface area contributed by atoms with Gasteiger partial charge in [-0.3, -0.25) is 4.79 Å². The van der Waals surface area contributed by atoms with E-state index in [4.69, 9.17) is 4.74 Å². The van der Waals surface area contributed by atoms with E-state index in [9.17, 15) is 13.6 Å². The molecule has 1 aliphatic rings.